The third-order valence-electron chi connectivity index (χ3n) is 2.51. The Kier molecular flexibility index (Phi) is 4.79. The summed E-state index contributed by atoms with van der Waals surface area (Å²) in [5.74, 6) is -1.31. The standard InChI is InChI=1S/C12H16N2O4/c1-8-9(12(16)17)4-5-10(13-8)11(15)14(2)6-7-18-3/h4-5H,6-7H2,1-3H3,(H,16,17). The lowest BCUT2D eigenvalue weighted by Crippen LogP contribution is -2.30. The fraction of sp³-hybridized carbons (Fsp3) is 0.417. The second kappa shape index (κ2) is 6.11. The number of aryl methyl sites for hydroxylation is 1. The van der Waals surface area contributed by atoms with E-state index in [0.717, 1.165) is 0 Å². The van der Waals surface area contributed by atoms with Crippen LogP contribution >= 0.6 is 0 Å². The van der Waals surface area contributed by atoms with Gasteiger partial charge in [-0.2, -0.15) is 0 Å². The Morgan fingerprint density at radius 2 is 2.11 bits per heavy atom. The van der Waals surface area contributed by atoms with Crippen molar-refractivity contribution in [3.63, 3.8) is 0 Å². The Bertz CT molecular complexity index is 459. The van der Waals surface area contributed by atoms with Crippen molar-refractivity contribution in [2.45, 2.75) is 6.92 Å². The van der Waals surface area contributed by atoms with E-state index in [1.165, 1.54) is 17.0 Å². The van der Waals surface area contributed by atoms with Gasteiger partial charge < -0.3 is 14.7 Å². The van der Waals surface area contributed by atoms with Gasteiger partial charge in [0.15, 0.2) is 0 Å². The van der Waals surface area contributed by atoms with E-state index in [9.17, 15) is 9.59 Å². The Hall–Kier alpha value is -1.95. The van der Waals surface area contributed by atoms with E-state index >= 15 is 0 Å². The van der Waals surface area contributed by atoms with Crippen molar-refractivity contribution in [1.82, 2.24) is 9.88 Å². The highest BCUT2D eigenvalue weighted by Gasteiger charge is 2.15. The maximum atomic E-state index is 11.9. The molecule has 18 heavy (non-hydrogen) atoms. The van der Waals surface area contributed by atoms with Gasteiger partial charge in [-0.15, -0.1) is 0 Å². The predicted molar refractivity (Wildman–Crippen MR) is 64.8 cm³/mol. The molecule has 98 valence electrons. The summed E-state index contributed by atoms with van der Waals surface area (Å²) >= 11 is 0. The zero-order valence-electron chi connectivity index (χ0n) is 10.6. The predicted octanol–water partition coefficient (Wildman–Crippen LogP) is 0.807. The molecule has 6 heteroatoms. The van der Waals surface area contributed by atoms with Crippen LogP contribution in [0.15, 0.2) is 12.1 Å². The second-order valence-electron chi connectivity index (χ2n) is 3.85. The van der Waals surface area contributed by atoms with Crippen molar-refractivity contribution >= 4 is 11.9 Å². The molecular formula is C12H16N2O4. The van der Waals surface area contributed by atoms with Crippen molar-refractivity contribution < 1.29 is 19.4 Å². The Labute approximate surface area is 105 Å². The molecule has 0 saturated heterocycles. The van der Waals surface area contributed by atoms with Crippen LogP contribution in [0, 0.1) is 6.92 Å². The average molecular weight is 252 g/mol. The molecule has 6 nitrogen and oxygen atoms in total. The minimum absolute atomic E-state index is 0.103. The molecule has 1 rings (SSSR count). The van der Waals surface area contributed by atoms with Crippen molar-refractivity contribution in [2.24, 2.45) is 0 Å². The van der Waals surface area contributed by atoms with Crippen LogP contribution < -0.4 is 0 Å². The highest BCUT2D eigenvalue weighted by Crippen LogP contribution is 2.08. The van der Waals surface area contributed by atoms with Crippen LogP contribution in [0.1, 0.15) is 26.5 Å². The van der Waals surface area contributed by atoms with Gasteiger partial charge in [-0.05, 0) is 19.1 Å². The molecule has 0 saturated carbocycles. The molecule has 1 heterocycles. The summed E-state index contributed by atoms with van der Waals surface area (Å²) < 4.78 is 4.88. The molecule has 1 aromatic heterocycles. The number of carbonyl (C=O) groups excluding carboxylic acids is 1. The van der Waals surface area contributed by atoms with E-state index in [1.807, 2.05) is 0 Å². The Morgan fingerprint density at radius 3 is 2.61 bits per heavy atom. The molecule has 0 fully saturated rings. The normalized spacial score (nSPS) is 10.2. The minimum Gasteiger partial charge on any atom is -0.478 e. The monoisotopic (exact) mass is 252 g/mol. The number of carboxylic acid groups (broad SMARTS) is 1. The number of carboxylic acids is 1. The first-order valence-corrected chi connectivity index (χ1v) is 5.42. The van der Waals surface area contributed by atoms with Gasteiger partial charge >= 0.3 is 5.97 Å². The number of rotatable bonds is 5. The van der Waals surface area contributed by atoms with Gasteiger partial charge in [0, 0.05) is 20.7 Å². The number of amides is 1. The first-order chi connectivity index (χ1) is 8.47. The molecule has 1 amide bonds. The lowest BCUT2D eigenvalue weighted by molar-refractivity contribution is 0.0691. The molecule has 0 bridgehead atoms. The number of methoxy groups -OCH3 is 1. The molecule has 0 aliphatic carbocycles. The molecule has 0 aliphatic heterocycles. The molecule has 0 atom stereocenters. The summed E-state index contributed by atoms with van der Waals surface area (Å²) in [6.07, 6.45) is 0. The average Bonchev–Trinajstić information content (AvgIpc) is 2.34. The van der Waals surface area contributed by atoms with Crippen LogP contribution in [-0.4, -0.2) is 54.2 Å². The van der Waals surface area contributed by atoms with Gasteiger partial charge in [0.25, 0.3) is 5.91 Å². The van der Waals surface area contributed by atoms with Gasteiger partial charge in [-0.25, -0.2) is 9.78 Å². The zero-order chi connectivity index (χ0) is 13.7. The van der Waals surface area contributed by atoms with E-state index in [-0.39, 0.29) is 17.2 Å². The molecule has 0 aliphatic rings. The molecule has 1 aromatic rings. The van der Waals surface area contributed by atoms with E-state index in [4.69, 9.17) is 9.84 Å². The number of aromatic carboxylic acids is 1. The van der Waals surface area contributed by atoms with Gasteiger partial charge in [0.1, 0.15) is 5.69 Å². The first kappa shape index (κ1) is 14.1. The molecule has 1 N–H and O–H groups in total. The number of hydrogen-bond donors (Lipinski definition) is 1. The highest BCUT2D eigenvalue weighted by molar-refractivity contribution is 5.94. The molecule has 0 spiro atoms. The highest BCUT2D eigenvalue weighted by atomic mass is 16.5. The van der Waals surface area contributed by atoms with Crippen molar-refractivity contribution in [3.8, 4) is 0 Å². The summed E-state index contributed by atoms with van der Waals surface area (Å²) in [4.78, 5) is 28.3. The van der Waals surface area contributed by atoms with Gasteiger partial charge in [-0.3, -0.25) is 4.79 Å². The summed E-state index contributed by atoms with van der Waals surface area (Å²) in [5, 5.41) is 8.87. The van der Waals surface area contributed by atoms with Crippen LogP contribution in [0.2, 0.25) is 0 Å². The number of hydrogen-bond acceptors (Lipinski definition) is 4. The van der Waals surface area contributed by atoms with Crippen LogP contribution in [0.5, 0.6) is 0 Å². The molecular weight excluding hydrogens is 236 g/mol. The number of pyridine rings is 1. The number of aromatic nitrogens is 1. The summed E-state index contributed by atoms with van der Waals surface area (Å²) in [6.45, 7) is 2.46. The maximum absolute atomic E-state index is 11.9. The number of likely N-dealkylation sites (N-methyl/N-ethyl adjacent to an activating group) is 1. The van der Waals surface area contributed by atoms with Crippen molar-refractivity contribution in [1.29, 1.82) is 0 Å². The number of nitrogens with zero attached hydrogens (tertiary/aromatic N) is 2. The lowest BCUT2D eigenvalue weighted by atomic mass is 10.2. The SMILES string of the molecule is COCCN(C)C(=O)c1ccc(C(=O)O)c(C)n1. The fourth-order valence-electron chi connectivity index (χ4n) is 1.43. The smallest absolute Gasteiger partial charge is 0.337 e. The molecule has 0 radical (unpaired) electrons. The Morgan fingerprint density at radius 1 is 1.44 bits per heavy atom. The Balaban J connectivity index is 2.87. The summed E-state index contributed by atoms with van der Waals surface area (Å²) in [5.41, 5.74) is 0.663. The van der Waals surface area contributed by atoms with E-state index in [2.05, 4.69) is 4.98 Å². The van der Waals surface area contributed by atoms with Crippen molar-refractivity contribution in [2.75, 3.05) is 27.3 Å². The van der Waals surface area contributed by atoms with Crippen LogP contribution in [0.3, 0.4) is 0 Å². The summed E-state index contributed by atoms with van der Waals surface area (Å²) in [6, 6.07) is 2.81. The summed E-state index contributed by atoms with van der Waals surface area (Å²) in [7, 11) is 3.20. The van der Waals surface area contributed by atoms with Crippen LogP contribution in [0.25, 0.3) is 0 Å². The minimum atomic E-state index is -1.05. The van der Waals surface area contributed by atoms with E-state index in [0.29, 0.717) is 18.8 Å². The van der Waals surface area contributed by atoms with Gasteiger partial charge in [0.2, 0.25) is 0 Å². The van der Waals surface area contributed by atoms with Crippen molar-refractivity contribution in [3.05, 3.63) is 29.1 Å². The second-order valence-corrected chi connectivity index (χ2v) is 3.85. The number of carbonyl (C=O) groups is 2. The third kappa shape index (κ3) is 3.27. The van der Waals surface area contributed by atoms with E-state index < -0.39 is 5.97 Å². The zero-order valence-corrected chi connectivity index (χ0v) is 10.6. The quantitative estimate of drug-likeness (QED) is 0.838. The van der Waals surface area contributed by atoms with Gasteiger partial charge in [-0.1, -0.05) is 0 Å². The first-order valence-electron chi connectivity index (χ1n) is 5.42. The lowest BCUT2D eigenvalue weighted by Gasteiger charge is -2.16. The maximum Gasteiger partial charge on any atom is 0.337 e. The molecule has 0 unspecified atom stereocenters. The van der Waals surface area contributed by atoms with Crippen LogP contribution in [0.4, 0.5) is 0 Å². The van der Waals surface area contributed by atoms with Crippen LogP contribution in [-0.2, 0) is 4.74 Å². The molecule has 0 aromatic carbocycles. The fourth-order valence-corrected chi connectivity index (χ4v) is 1.43. The van der Waals surface area contributed by atoms with E-state index in [1.54, 1.807) is 21.1 Å². The topological polar surface area (TPSA) is 79.7 Å². The largest absolute Gasteiger partial charge is 0.478 e. The van der Waals surface area contributed by atoms with Gasteiger partial charge in [0.05, 0.1) is 17.9 Å². The third-order valence-corrected chi connectivity index (χ3v) is 2.51. The number of ether oxygens (including phenoxy) is 1.